The molecule has 0 fully saturated rings. The predicted molar refractivity (Wildman–Crippen MR) is 86.7 cm³/mol. The fraction of sp³-hybridized carbons (Fsp3) is 0.133. The maximum atomic E-state index is 6.44. The lowest BCUT2D eigenvalue weighted by atomic mass is 10.1. The molecular formula is C15H13ClN6. The molecule has 110 valence electrons. The summed E-state index contributed by atoms with van der Waals surface area (Å²) in [6, 6.07) is 5.77. The number of nitrogens with one attached hydrogen (secondary N) is 1. The number of halogens is 1. The molecule has 0 aliphatic carbocycles. The first-order valence-electron chi connectivity index (χ1n) is 6.91. The number of aromatic nitrogens is 5. The highest BCUT2D eigenvalue weighted by Gasteiger charge is 2.11. The van der Waals surface area contributed by atoms with Gasteiger partial charge >= 0.3 is 0 Å². The lowest BCUT2D eigenvalue weighted by Gasteiger charge is -2.05. The van der Waals surface area contributed by atoms with E-state index in [1.165, 1.54) is 0 Å². The summed E-state index contributed by atoms with van der Waals surface area (Å²) in [5.74, 6) is 0. The van der Waals surface area contributed by atoms with Gasteiger partial charge in [-0.1, -0.05) is 11.6 Å². The van der Waals surface area contributed by atoms with Crippen molar-refractivity contribution in [1.29, 1.82) is 0 Å². The van der Waals surface area contributed by atoms with Gasteiger partial charge in [0.1, 0.15) is 5.52 Å². The second-order valence-electron chi connectivity index (χ2n) is 5.06. The van der Waals surface area contributed by atoms with Gasteiger partial charge in [-0.2, -0.15) is 10.2 Å². The van der Waals surface area contributed by atoms with Gasteiger partial charge < -0.3 is 5.73 Å². The van der Waals surface area contributed by atoms with Gasteiger partial charge in [-0.15, -0.1) is 0 Å². The van der Waals surface area contributed by atoms with Crippen LogP contribution in [0, 0.1) is 0 Å². The second-order valence-corrected chi connectivity index (χ2v) is 5.46. The molecule has 0 amide bonds. The van der Waals surface area contributed by atoms with Gasteiger partial charge in [0.2, 0.25) is 0 Å². The summed E-state index contributed by atoms with van der Waals surface area (Å²) in [4.78, 5) is 4.49. The van der Waals surface area contributed by atoms with Crippen LogP contribution in [-0.4, -0.2) is 31.5 Å². The van der Waals surface area contributed by atoms with Crippen molar-refractivity contribution in [2.75, 3.05) is 6.54 Å². The van der Waals surface area contributed by atoms with Crippen molar-refractivity contribution in [3.05, 3.63) is 41.8 Å². The standard InChI is InChI=1S/C15H13ClN6/c16-12-5-9-11-8-22(4-2-17)21-15(11)7-18-14(9)6-10(12)13-1-3-19-20-13/h1,3,5-8H,2,4,17H2,(H,19,20). The molecule has 0 aliphatic heterocycles. The third kappa shape index (κ3) is 2.04. The zero-order valence-corrected chi connectivity index (χ0v) is 12.4. The van der Waals surface area contributed by atoms with E-state index in [0.29, 0.717) is 18.1 Å². The Bertz CT molecular complexity index is 957. The van der Waals surface area contributed by atoms with Crippen LogP contribution in [0.1, 0.15) is 0 Å². The van der Waals surface area contributed by atoms with E-state index in [1.807, 2.05) is 29.1 Å². The molecule has 4 aromatic rings. The summed E-state index contributed by atoms with van der Waals surface area (Å²) in [5.41, 5.74) is 9.05. The van der Waals surface area contributed by atoms with Crippen LogP contribution in [0.5, 0.6) is 0 Å². The highest BCUT2D eigenvalue weighted by molar-refractivity contribution is 6.34. The van der Waals surface area contributed by atoms with Crippen molar-refractivity contribution in [3.63, 3.8) is 0 Å². The number of H-pyrrole nitrogens is 1. The van der Waals surface area contributed by atoms with E-state index >= 15 is 0 Å². The normalized spacial score (nSPS) is 11.5. The van der Waals surface area contributed by atoms with Crippen molar-refractivity contribution >= 4 is 33.4 Å². The number of fused-ring (bicyclic) bond motifs is 3. The SMILES string of the molecule is NCCn1cc2c(cnc3cc(-c4ccn[nH]4)c(Cl)cc32)n1. The van der Waals surface area contributed by atoms with Crippen LogP contribution >= 0.6 is 11.6 Å². The average Bonchev–Trinajstić information content (AvgIpc) is 3.15. The quantitative estimate of drug-likeness (QED) is 0.609. The lowest BCUT2D eigenvalue weighted by molar-refractivity contribution is 0.631. The van der Waals surface area contributed by atoms with E-state index in [9.17, 15) is 0 Å². The first kappa shape index (κ1) is 13.2. The molecule has 6 nitrogen and oxygen atoms in total. The monoisotopic (exact) mass is 312 g/mol. The fourth-order valence-corrected chi connectivity index (χ4v) is 2.88. The molecule has 1 aromatic carbocycles. The van der Waals surface area contributed by atoms with E-state index in [4.69, 9.17) is 17.3 Å². The summed E-state index contributed by atoms with van der Waals surface area (Å²) in [5, 5.41) is 14.0. The van der Waals surface area contributed by atoms with E-state index in [0.717, 1.165) is 33.1 Å². The molecule has 0 bridgehead atoms. The predicted octanol–water partition coefficient (Wildman–Crippen LogP) is 2.59. The van der Waals surface area contributed by atoms with Crippen LogP contribution in [0.25, 0.3) is 33.1 Å². The smallest absolute Gasteiger partial charge is 0.111 e. The van der Waals surface area contributed by atoms with Crippen LogP contribution in [0.4, 0.5) is 0 Å². The fourth-order valence-electron chi connectivity index (χ4n) is 2.61. The molecule has 3 heterocycles. The van der Waals surface area contributed by atoms with Crippen LogP contribution in [0.2, 0.25) is 5.02 Å². The largest absolute Gasteiger partial charge is 0.329 e. The molecule has 0 radical (unpaired) electrons. The summed E-state index contributed by atoms with van der Waals surface area (Å²) >= 11 is 6.44. The Kier molecular flexibility index (Phi) is 3.06. The Morgan fingerprint density at radius 3 is 2.91 bits per heavy atom. The number of nitrogens with zero attached hydrogens (tertiary/aromatic N) is 4. The highest BCUT2D eigenvalue weighted by Crippen LogP contribution is 2.33. The number of hydrogen-bond donors (Lipinski definition) is 2. The third-order valence-electron chi connectivity index (χ3n) is 3.64. The molecule has 0 spiro atoms. The minimum Gasteiger partial charge on any atom is -0.329 e. The molecule has 3 aromatic heterocycles. The van der Waals surface area contributed by atoms with Crippen molar-refractivity contribution in [2.45, 2.75) is 6.54 Å². The lowest BCUT2D eigenvalue weighted by Crippen LogP contribution is -2.09. The van der Waals surface area contributed by atoms with Gasteiger partial charge in [0.25, 0.3) is 0 Å². The number of pyridine rings is 1. The molecule has 0 aliphatic rings. The third-order valence-corrected chi connectivity index (χ3v) is 3.95. The van der Waals surface area contributed by atoms with Gasteiger partial charge in [-0.25, -0.2) is 0 Å². The first-order chi connectivity index (χ1) is 10.8. The molecule has 0 saturated heterocycles. The number of aromatic amines is 1. The molecular weight excluding hydrogens is 300 g/mol. The zero-order chi connectivity index (χ0) is 15.1. The van der Waals surface area contributed by atoms with E-state index in [2.05, 4.69) is 20.3 Å². The zero-order valence-electron chi connectivity index (χ0n) is 11.6. The number of rotatable bonds is 3. The number of benzene rings is 1. The van der Waals surface area contributed by atoms with Crippen molar-refractivity contribution in [3.8, 4) is 11.3 Å². The minimum absolute atomic E-state index is 0.546. The summed E-state index contributed by atoms with van der Waals surface area (Å²) in [6.45, 7) is 1.22. The molecule has 7 heteroatoms. The molecule has 3 N–H and O–H groups in total. The van der Waals surface area contributed by atoms with Crippen molar-refractivity contribution < 1.29 is 0 Å². The molecule has 22 heavy (non-hydrogen) atoms. The van der Waals surface area contributed by atoms with Crippen LogP contribution in [0.3, 0.4) is 0 Å². The van der Waals surface area contributed by atoms with Crippen molar-refractivity contribution in [2.24, 2.45) is 5.73 Å². The summed E-state index contributed by atoms with van der Waals surface area (Å²) < 4.78 is 1.84. The minimum atomic E-state index is 0.546. The maximum Gasteiger partial charge on any atom is 0.111 e. The van der Waals surface area contributed by atoms with Gasteiger partial charge in [-0.05, 0) is 18.2 Å². The van der Waals surface area contributed by atoms with E-state index in [-0.39, 0.29) is 0 Å². The van der Waals surface area contributed by atoms with Gasteiger partial charge in [-0.3, -0.25) is 14.8 Å². The molecule has 0 unspecified atom stereocenters. The number of hydrogen-bond acceptors (Lipinski definition) is 4. The Balaban J connectivity index is 1.97. The van der Waals surface area contributed by atoms with Crippen molar-refractivity contribution in [1.82, 2.24) is 25.0 Å². The highest BCUT2D eigenvalue weighted by atomic mass is 35.5. The maximum absolute atomic E-state index is 6.44. The summed E-state index contributed by atoms with van der Waals surface area (Å²) in [6.07, 6.45) is 5.46. The Labute approximate surface area is 130 Å². The average molecular weight is 313 g/mol. The molecule has 0 saturated carbocycles. The van der Waals surface area contributed by atoms with Gasteiger partial charge in [0, 0.05) is 35.3 Å². The first-order valence-corrected chi connectivity index (χ1v) is 7.29. The van der Waals surface area contributed by atoms with Crippen LogP contribution in [-0.2, 0) is 6.54 Å². The molecule has 4 rings (SSSR count). The van der Waals surface area contributed by atoms with Crippen LogP contribution in [0.15, 0.2) is 36.8 Å². The van der Waals surface area contributed by atoms with Gasteiger partial charge in [0.15, 0.2) is 0 Å². The number of nitrogens with two attached hydrogens (primary N) is 1. The Morgan fingerprint density at radius 1 is 1.23 bits per heavy atom. The second kappa shape index (κ2) is 5.08. The Morgan fingerprint density at radius 2 is 2.14 bits per heavy atom. The Hall–Kier alpha value is -2.44. The molecule has 0 atom stereocenters. The van der Waals surface area contributed by atoms with E-state index < -0.39 is 0 Å². The van der Waals surface area contributed by atoms with Gasteiger partial charge in [0.05, 0.1) is 29.0 Å². The summed E-state index contributed by atoms with van der Waals surface area (Å²) in [7, 11) is 0. The van der Waals surface area contributed by atoms with Crippen LogP contribution < -0.4 is 5.73 Å². The topological polar surface area (TPSA) is 85.4 Å². The van der Waals surface area contributed by atoms with E-state index in [1.54, 1.807) is 12.4 Å².